The van der Waals surface area contributed by atoms with Gasteiger partial charge in [-0.15, -0.1) is 0 Å². The van der Waals surface area contributed by atoms with Crippen molar-refractivity contribution in [2.24, 2.45) is 0 Å². The van der Waals surface area contributed by atoms with Crippen molar-refractivity contribution in [3.8, 4) is 0 Å². The van der Waals surface area contributed by atoms with Gasteiger partial charge in [-0.3, -0.25) is 4.79 Å². The Balaban J connectivity index is 1.51. The monoisotopic (exact) mass is 357 g/mol. The first-order valence-corrected chi connectivity index (χ1v) is 11.2. The summed E-state index contributed by atoms with van der Waals surface area (Å²) in [4.78, 5) is 12.5. The van der Waals surface area contributed by atoms with E-state index in [2.05, 4.69) is 18.3 Å². The topological polar surface area (TPSA) is 29.1 Å². The molecule has 1 N–H and O–H groups in total. The first-order chi connectivity index (χ1) is 12.8. The minimum absolute atomic E-state index is 0.135. The fraction of sp³-hybridized carbons (Fsp3) is 0.708. The Kier molecular flexibility index (Phi) is 10.5. The van der Waals surface area contributed by atoms with Gasteiger partial charge in [-0.25, -0.2) is 0 Å². The van der Waals surface area contributed by atoms with Crippen LogP contribution >= 0.6 is 0 Å². The molecule has 1 aliphatic carbocycles. The normalized spacial score (nSPS) is 13.4. The number of carbonyl (C=O) groups is 1. The van der Waals surface area contributed by atoms with Crippen LogP contribution in [0.25, 0.3) is 0 Å². The molecule has 0 spiro atoms. The van der Waals surface area contributed by atoms with E-state index in [1.54, 1.807) is 0 Å². The van der Waals surface area contributed by atoms with Crippen LogP contribution in [-0.4, -0.2) is 12.5 Å². The first kappa shape index (κ1) is 21.0. The van der Waals surface area contributed by atoms with Gasteiger partial charge in [-0.2, -0.15) is 0 Å². The van der Waals surface area contributed by atoms with Crippen molar-refractivity contribution in [1.29, 1.82) is 0 Å². The minimum atomic E-state index is 0.135. The summed E-state index contributed by atoms with van der Waals surface area (Å²) in [6, 6.07) is 6.23. The van der Waals surface area contributed by atoms with Gasteiger partial charge < -0.3 is 5.32 Å². The van der Waals surface area contributed by atoms with Crippen LogP contribution in [0.2, 0.25) is 0 Å². The zero-order valence-corrected chi connectivity index (χ0v) is 17.0. The molecule has 1 aromatic carbocycles. The first-order valence-electron chi connectivity index (χ1n) is 11.2. The van der Waals surface area contributed by atoms with E-state index in [4.69, 9.17) is 0 Å². The zero-order chi connectivity index (χ0) is 18.5. The third-order valence-electron chi connectivity index (χ3n) is 5.71. The molecule has 0 heterocycles. The second-order valence-corrected chi connectivity index (χ2v) is 7.94. The maximum Gasteiger partial charge on any atom is 0.251 e. The van der Waals surface area contributed by atoms with Gasteiger partial charge in [0.05, 0.1) is 0 Å². The lowest BCUT2D eigenvalue weighted by Crippen LogP contribution is -2.26. The molecule has 1 amide bonds. The van der Waals surface area contributed by atoms with E-state index in [9.17, 15) is 4.79 Å². The van der Waals surface area contributed by atoms with E-state index >= 15 is 0 Å². The summed E-state index contributed by atoms with van der Waals surface area (Å²) in [5, 5.41) is 3.14. The lowest BCUT2D eigenvalue weighted by atomic mass is 9.88. The number of fused-ring (bicyclic) bond motifs is 1. The molecule has 2 heteroatoms. The highest BCUT2D eigenvalue weighted by Crippen LogP contribution is 2.24. The summed E-state index contributed by atoms with van der Waals surface area (Å²) < 4.78 is 0. The highest BCUT2D eigenvalue weighted by atomic mass is 16.1. The summed E-state index contributed by atoms with van der Waals surface area (Å²) >= 11 is 0. The van der Waals surface area contributed by atoms with E-state index in [-0.39, 0.29) is 5.91 Å². The molecule has 0 saturated carbocycles. The Morgan fingerprint density at radius 1 is 0.846 bits per heavy atom. The van der Waals surface area contributed by atoms with Gasteiger partial charge in [0.25, 0.3) is 5.91 Å². The number of nitrogens with one attached hydrogen (secondary N) is 1. The van der Waals surface area contributed by atoms with E-state index < -0.39 is 0 Å². The van der Waals surface area contributed by atoms with Crippen LogP contribution in [0.3, 0.4) is 0 Å². The third kappa shape index (κ3) is 7.51. The van der Waals surface area contributed by atoms with Crippen molar-refractivity contribution in [3.05, 3.63) is 34.9 Å². The van der Waals surface area contributed by atoms with E-state index in [0.29, 0.717) is 0 Å². The summed E-state index contributed by atoms with van der Waals surface area (Å²) in [6.07, 6.45) is 19.5. The fourth-order valence-corrected chi connectivity index (χ4v) is 4.08. The second-order valence-electron chi connectivity index (χ2n) is 7.94. The van der Waals surface area contributed by atoms with Crippen molar-refractivity contribution < 1.29 is 4.79 Å². The largest absolute Gasteiger partial charge is 0.352 e. The van der Waals surface area contributed by atoms with Crippen molar-refractivity contribution >= 4 is 5.91 Å². The molecule has 0 aromatic heterocycles. The van der Waals surface area contributed by atoms with Gasteiger partial charge in [0.2, 0.25) is 0 Å². The second kappa shape index (κ2) is 12.9. The molecule has 0 radical (unpaired) electrons. The number of carbonyl (C=O) groups excluding carboxylic acids is 1. The van der Waals surface area contributed by atoms with Crippen molar-refractivity contribution in [1.82, 2.24) is 5.32 Å². The maximum absolute atomic E-state index is 12.5. The fourth-order valence-electron chi connectivity index (χ4n) is 4.08. The van der Waals surface area contributed by atoms with E-state index in [1.807, 2.05) is 12.1 Å². The van der Waals surface area contributed by atoms with Crippen LogP contribution in [0.5, 0.6) is 0 Å². The molecule has 1 aromatic rings. The molecule has 146 valence electrons. The van der Waals surface area contributed by atoms with Crippen LogP contribution < -0.4 is 5.32 Å². The zero-order valence-electron chi connectivity index (χ0n) is 17.0. The molecule has 2 rings (SSSR count). The lowest BCUT2D eigenvalue weighted by Gasteiger charge is -2.18. The SMILES string of the molecule is CCCCCCCCCCCCCNC(=O)c1cccc2c1CCCC2. The highest BCUT2D eigenvalue weighted by Gasteiger charge is 2.16. The number of aryl methyl sites for hydroxylation is 1. The molecule has 1 aliphatic rings. The maximum atomic E-state index is 12.5. The van der Waals surface area contributed by atoms with Crippen molar-refractivity contribution in [3.63, 3.8) is 0 Å². The highest BCUT2D eigenvalue weighted by molar-refractivity contribution is 5.96. The molecule has 0 unspecified atom stereocenters. The lowest BCUT2D eigenvalue weighted by molar-refractivity contribution is 0.0951. The number of unbranched alkanes of at least 4 members (excludes halogenated alkanes) is 10. The molecular formula is C24H39NO. The number of hydrogen-bond donors (Lipinski definition) is 1. The molecule has 26 heavy (non-hydrogen) atoms. The van der Waals surface area contributed by atoms with Gasteiger partial charge in [-0.05, 0) is 49.3 Å². The Morgan fingerprint density at radius 3 is 2.15 bits per heavy atom. The minimum Gasteiger partial charge on any atom is -0.352 e. The molecule has 0 fully saturated rings. The van der Waals surface area contributed by atoms with Crippen LogP contribution in [-0.2, 0) is 12.8 Å². The van der Waals surface area contributed by atoms with Crippen LogP contribution in [0, 0.1) is 0 Å². The van der Waals surface area contributed by atoms with E-state index in [0.717, 1.165) is 31.4 Å². The van der Waals surface area contributed by atoms with Crippen LogP contribution in [0.4, 0.5) is 0 Å². The Hall–Kier alpha value is -1.31. The molecule has 0 bridgehead atoms. The summed E-state index contributed by atoms with van der Waals surface area (Å²) in [7, 11) is 0. The molecule has 0 aliphatic heterocycles. The summed E-state index contributed by atoms with van der Waals surface area (Å²) in [6.45, 7) is 3.09. The predicted molar refractivity (Wildman–Crippen MR) is 112 cm³/mol. The Bertz CT molecular complexity index is 523. The molecule has 0 saturated heterocycles. The van der Waals surface area contributed by atoms with Crippen LogP contribution in [0.1, 0.15) is 112 Å². The number of benzene rings is 1. The molecule has 2 nitrogen and oxygen atoms in total. The Labute approximate surface area is 161 Å². The smallest absolute Gasteiger partial charge is 0.251 e. The van der Waals surface area contributed by atoms with Gasteiger partial charge in [0.15, 0.2) is 0 Å². The number of hydrogen-bond acceptors (Lipinski definition) is 1. The predicted octanol–water partition coefficient (Wildman–Crippen LogP) is 6.61. The summed E-state index contributed by atoms with van der Waals surface area (Å²) in [5.41, 5.74) is 3.61. The number of rotatable bonds is 13. The molecule has 0 atom stereocenters. The van der Waals surface area contributed by atoms with Crippen molar-refractivity contribution in [2.75, 3.05) is 6.54 Å². The summed E-state index contributed by atoms with van der Waals surface area (Å²) in [5.74, 6) is 0.135. The molecular weight excluding hydrogens is 318 g/mol. The average Bonchev–Trinajstić information content (AvgIpc) is 2.68. The third-order valence-corrected chi connectivity index (χ3v) is 5.71. The van der Waals surface area contributed by atoms with Gasteiger partial charge in [0, 0.05) is 12.1 Å². The quantitative estimate of drug-likeness (QED) is 0.396. The van der Waals surface area contributed by atoms with E-state index in [1.165, 1.54) is 88.2 Å². The van der Waals surface area contributed by atoms with Gasteiger partial charge in [-0.1, -0.05) is 83.3 Å². The van der Waals surface area contributed by atoms with Gasteiger partial charge >= 0.3 is 0 Å². The van der Waals surface area contributed by atoms with Gasteiger partial charge in [0.1, 0.15) is 0 Å². The standard InChI is InChI=1S/C24H39NO/c1-2-3-4-5-6-7-8-9-10-11-14-20-25-24(26)23-19-15-17-21-16-12-13-18-22(21)23/h15,17,19H,2-14,16,18,20H2,1H3,(H,25,26). The van der Waals surface area contributed by atoms with Crippen LogP contribution in [0.15, 0.2) is 18.2 Å². The van der Waals surface area contributed by atoms with Crippen molar-refractivity contribution in [2.45, 2.75) is 103 Å². The number of amides is 1. The average molecular weight is 358 g/mol. The Morgan fingerprint density at radius 2 is 1.46 bits per heavy atom.